The van der Waals surface area contributed by atoms with E-state index in [0.29, 0.717) is 6.61 Å². The van der Waals surface area contributed by atoms with Crippen LogP contribution < -0.4 is 4.46 Å². The van der Waals surface area contributed by atoms with E-state index in [1.807, 2.05) is 18.4 Å². The molecule has 0 aromatic heterocycles. The molecule has 2 aromatic carbocycles. The Labute approximate surface area is 127 Å². The molecule has 0 saturated carbocycles. The van der Waals surface area contributed by atoms with Crippen LogP contribution in [0.2, 0.25) is 0 Å². The number of hydrogen-bond acceptors (Lipinski definition) is 1. The number of hydrogen-bond donors (Lipinski definition) is 0. The molecule has 0 amide bonds. The molecule has 0 aliphatic rings. The first-order valence-electron chi connectivity index (χ1n) is 6.57. The van der Waals surface area contributed by atoms with Crippen LogP contribution >= 0.6 is 0 Å². The molecule has 0 unspecified atom stereocenters. The van der Waals surface area contributed by atoms with E-state index in [0.717, 1.165) is 6.42 Å². The fourth-order valence-corrected chi connectivity index (χ4v) is 3.74. The molecule has 0 aliphatic heterocycles. The number of allylic oxidation sites excluding steroid dienone is 1. The van der Waals surface area contributed by atoms with Crippen LogP contribution in [0.3, 0.4) is 0 Å². The zero-order valence-corrected chi connectivity index (χ0v) is 13.1. The molecule has 0 atom stereocenters. The van der Waals surface area contributed by atoms with Gasteiger partial charge < -0.3 is 0 Å². The van der Waals surface area contributed by atoms with Gasteiger partial charge in [0.05, 0.1) is 0 Å². The SMILES string of the molecule is C=CCO/C=C(\Cc1ccccc1)[Se]c1ccccc1. The van der Waals surface area contributed by atoms with Gasteiger partial charge in [0.2, 0.25) is 0 Å². The summed E-state index contributed by atoms with van der Waals surface area (Å²) in [7, 11) is 0. The molecule has 20 heavy (non-hydrogen) atoms. The first-order valence-corrected chi connectivity index (χ1v) is 8.28. The summed E-state index contributed by atoms with van der Waals surface area (Å²) in [6.45, 7) is 4.24. The number of benzene rings is 2. The number of rotatable bonds is 7. The van der Waals surface area contributed by atoms with Gasteiger partial charge in [-0.05, 0) is 0 Å². The van der Waals surface area contributed by atoms with E-state index in [1.54, 1.807) is 6.08 Å². The molecule has 0 N–H and O–H groups in total. The van der Waals surface area contributed by atoms with E-state index in [4.69, 9.17) is 4.74 Å². The van der Waals surface area contributed by atoms with Crippen molar-refractivity contribution in [3.63, 3.8) is 0 Å². The molecule has 2 aromatic rings. The summed E-state index contributed by atoms with van der Waals surface area (Å²) in [5.41, 5.74) is 1.32. The van der Waals surface area contributed by atoms with Gasteiger partial charge in [-0.2, -0.15) is 0 Å². The van der Waals surface area contributed by atoms with Crippen molar-refractivity contribution >= 4 is 19.4 Å². The maximum absolute atomic E-state index is 5.52. The van der Waals surface area contributed by atoms with Crippen molar-refractivity contribution in [3.05, 3.63) is 89.6 Å². The van der Waals surface area contributed by atoms with E-state index < -0.39 is 0 Å². The van der Waals surface area contributed by atoms with Gasteiger partial charge in [-0.3, -0.25) is 0 Å². The fourth-order valence-electron chi connectivity index (χ4n) is 1.75. The van der Waals surface area contributed by atoms with Crippen LogP contribution in [0.4, 0.5) is 0 Å². The third-order valence-corrected chi connectivity index (χ3v) is 4.76. The van der Waals surface area contributed by atoms with Gasteiger partial charge in [-0.15, -0.1) is 0 Å². The van der Waals surface area contributed by atoms with Crippen molar-refractivity contribution in [2.45, 2.75) is 6.42 Å². The van der Waals surface area contributed by atoms with Gasteiger partial charge in [0, 0.05) is 0 Å². The van der Waals surface area contributed by atoms with Gasteiger partial charge in [0.1, 0.15) is 0 Å². The molecule has 0 heterocycles. The van der Waals surface area contributed by atoms with Crippen LogP contribution in [-0.4, -0.2) is 21.6 Å². The second kappa shape index (κ2) is 8.42. The Kier molecular flexibility index (Phi) is 6.16. The molecule has 102 valence electrons. The molecule has 2 heteroatoms. The molecule has 0 aliphatic carbocycles. The predicted molar refractivity (Wildman–Crippen MR) is 86.2 cm³/mol. The fraction of sp³-hybridized carbons (Fsp3) is 0.111. The summed E-state index contributed by atoms with van der Waals surface area (Å²) in [4.78, 5) is 0. The van der Waals surface area contributed by atoms with Crippen molar-refractivity contribution in [2.75, 3.05) is 6.61 Å². The van der Waals surface area contributed by atoms with Crippen molar-refractivity contribution in [3.8, 4) is 0 Å². The first kappa shape index (κ1) is 14.6. The third kappa shape index (κ3) is 5.08. The summed E-state index contributed by atoms with van der Waals surface area (Å²) in [6, 6.07) is 21.1. The molecule has 2 rings (SSSR count). The Bertz CT molecular complexity index is 503. The molecule has 1 nitrogen and oxygen atoms in total. The van der Waals surface area contributed by atoms with E-state index in [1.165, 1.54) is 14.5 Å². The van der Waals surface area contributed by atoms with Gasteiger partial charge in [0.25, 0.3) is 0 Å². The molecule has 0 bridgehead atoms. The Morgan fingerprint density at radius 1 is 1.00 bits per heavy atom. The molecule has 0 radical (unpaired) electrons. The monoisotopic (exact) mass is 330 g/mol. The van der Waals surface area contributed by atoms with Crippen LogP contribution in [0, 0.1) is 0 Å². The second-order valence-corrected chi connectivity index (χ2v) is 6.80. The average Bonchev–Trinajstić information content (AvgIpc) is 2.49. The number of ether oxygens (including phenoxy) is 1. The van der Waals surface area contributed by atoms with E-state index >= 15 is 0 Å². The topological polar surface area (TPSA) is 9.23 Å². The van der Waals surface area contributed by atoms with Crippen LogP contribution in [0.1, 0.15) is 5.56 Å². The normalized spacial score (nSPS) is 11.1. The zero-order valence-electron chi connectivity index (χ0n) is 11.4. The van der Waals surface area contributed by atoms with Gasteiger partial charge in [-0.1, -0.05) is 0 Å². The summed E-state index contributed by atoms with van der Waals surface area (Å²) in [6.07, 6.45) is 4.61. The van der Waals surface area contributed by atoms with Gasteiger partial charge in [0.15, 0.2) is 0 Å². The van der Waals surface area contributed by atoms with Crippen LogP contribution in [-0.2, 0) is 11.2 Å². The molecule has 0 saturated heterocycles. The van der Waals surface area contributed by atoms with Crippen molar-refractivity contribution in [1.29, 1.82) is 0 Å². The summed E-state index contributed by atoms with van der Waals surface area (Å²) < 4.78 is 8.22. The van der Waals surface area contributed by atoms with E-state index in [2.05, 4.69) is 55.1 Å². The van der Waals surface area contributed by atoms with E-state index in [9.17, 15) is 0 Å². The summed E-state index contributed by atoms with van der Waals surface area (Å²) >= 11 is 0.290. The van der Waals surface area contributed by atoms with Crippen molar-refractivity contribution in [1.82, 2.24) is 0 Å². The Morgan fingerprint density at radius 2 is 1.65 bits per heavy atom. The second-order valence-electron chi connectivity index (χ2n) is 4.28. The molecule has 0 fully saturated rings. The zero-order chi connectivity index (χ0) is 14.0. The maximum atomic E-state index is 5.52. The Hall–Kier alpha value is -1.76. The minimum atomic E-state index is 0.290. The quantitative estimate of drug-likeness (QED) is 0.328. The summed E-state index contributed by atoms with van der Waals surface area (Å²) in [5.74, 6) is 0. The third-order valence-electron chi connectivity index (χ3n) is 2.64. The van der Waals surface area contributed by atoms with Crippen LogP contribution in [0.15, 0.2) is 84.1 Å². The Morgan fingerprint density at radius 3 is 2.30 bits per heavy atom. The molecular formula is C18H18OSe. The van der Waals surface area contributed by atoms with Gasteiger partial charge in [-0.25, -0.2) is 0 Å². The van der Waals surface area contributed by atoms with Gasteiger partial charge >= 0.3 is 127 Å². The standard InChI is InChI=1S/C18H18OSe/c1-2-13-19-15-18(14-16-9-5-3-6-10-16)20-17-11-7-4-8-12-17/h2-12,15H,1,13-14H2/b18-15+. The first-order chi connectivity index (χ1) is 9.88. The van der Waals surface area contributed by atoms with Crippen LogP contribution in [0.5, 0.6) is 0 Å². The average molecular weight is 329 g/mol. The van der Waals surface area contributed by atoms with Crippen molar-refractivity contribution in [2.24, 2.45) is 0 Å². The Balaban J connectivity index is 2.08. The minimum absolute atomic E-state index is 0.290. The summed E-state index contributed by atoms with van der Waals surface area (Å²) in [5, 5.41) is 0. The molecule has 0 spiro atoms. The molecular weight excluding hydrogens is 311 g/mol. The van der Waals surface area contributed by atoms with E-state index in [-0.39, 0.29) is 15.0 Å². The predicted octanol–water partition coefficient (Wildman–Crippen LogP) is 3.30. The van der Waals surface area contributed by atoms with Crippen molar-refractivity contribution < 1.29 is 4.74 Å². The van der Waals surface area contributed by atoms with Crippen LogP contribution in [0.25, 0.3) is 0 Å².